The molecule has 1 N–H and O–H groups in total. The van der Waals surface area contributed by atoms with Crippen LogP contribution in [0.3, 0.4) is 0 Å². The highest BCUT2D eigenvalue weighted by molar-refractivity contribution is 4.74. The second kappa shape index (κ2) is 17.0. The van der Waals surface area contributed by atoms with Crippen molar-refractivity contribution in [3.8, 4) is 0 Å². The van der Waals surface area contributed by atoms with Crippen molar-refractivity contribution in [3.05, 3.63) is 0 Å². The molecule has 0 aromatic heterocycles. The number of ether oxygens (including phenoxy) is 1. The van der Waals surface area contributed by atoms with E-state index < -0.39 is 0 Å². The van der Waals surface area contributed by atoms with Crippen molar-refractivity contribution in [2.45, 2.75) is 104 Å². The first kappa shape index (κ1) is 22.2. The van der Waals surface area contributed by atoms with Gasteiger partial charge in [-0.1, -0.05) is 66.7 Å². The molecule has 0 aliphatic rings. The van der Waals surface area contributed by atoms with Crippen molar-refractivity contribution in [1.82, 2.24) is 0 Å². The van der Waals surface area contributed by atoms with E-state index in [-0.39, 0.29) is 5.60 Å². The Bertz CT molecular complexity index is 159. The second-order valence-electron chi connectivity index (χ2n) is 5.71. The maximum Gasteiger partial charge on any atom is 0.0642 e. The number of hydrogen-bond donors (Lipinski definition) is 1. The van der Waals surface area contributed by atoms with Gasteiger partial charge in [-0.25, -0.2) is 0 Å². The molecular weight excluding hydrogens is 248 g/mol. The molecule has 0 rings (SSSR count). The molecule has 0 aliphatic carbocycles. The van der Waals surface area contributed by atoms with E-state index in [9.17, 15) is 5.11 Å². The second-order valence-corrected chi connectivity index (χ2v) is 5.71. The number of aliphatic hydroxyl groups is 1. The average molecular weight is 289 g/mol. The minimum Gasteiger partial charge on any atom is -0.390 e. The van der Waals surface area contributed by atoms with Gasteiger partial charge in [0.1, 0.15) is 0 Å². The SMILES string of the molecule is CCCCCC(O)(CC)CC.CCCCOCCCC. The van der Waals surface area contributed by atoms with Crippen LogP contribution in [0.4, 0.5) is 0 Å². The quantitative estimate of drug-likeness (QED) is 0.465. The first-order valence-electron chi connectivity index (χ1n) is 8.90. The van der Waals surface area contributed by atoms with Crippen LogP contribution in [0.15, 0.2) is 0 Å². The van der Waals surface area contributed by atoms with Gasteiger partial charge < -0.3 is 9.84 Å². The van der Waals surface area contributed by atoms with Gasteiger partial charge in [0.15, 0.2) is 0 Å². The Kier molecular flexibility index (Phi) is 18.8. The fourth-order valence-corrected chi connectivity index (χ4v) is 1.90. The Labute approximate surface area is 128 Å². The number of unbranched alkanes of at least 4 members (excludes halogenated alkanes) is 4. The van der Waals surface area contributed by atoms with E-state index >= 15 is 0 Å². The Morgan fingerprint density at radius 3 is 1.50 bits per heavy atom. The number of hydrogen-bond acceptors (Lipinski definition) is 2. The molecule has 0 saturated carbocycles. The molecule has 0 aromatic rings. The Balaban J connectivity index is 0. The highest BCUT2D eigenvalue weighted by Gasteiger charge is 2.20. The third kappa shape index (κ3) is 16.0. The molecule has 0 bridgehead atoms. The zero-order valence-electron chi connectivity index (χ0n) is 14.8. The molecule has 0 unspecified atom stereocenters. The monoisotopic (exact) mass is 288 g/mol. The molecule has 124 valence electrons. The van der Waals surface area contributed by atoms with E-state index in [1.54, 1.807) is 0 Å². The van der Waals surface area contributed by atoms with Gasteiger partial charge in [-0.3, -0.25) is 0 Å². The molecule has 2 nitrogen and oxygen atoms in total. The van der Waals surface area contributed by atoms with Gasteiger partial charge in [0, 0.05) is 13.2 Å². The summed E-state index contributed by atoms with van der Waals surface area (Å²) in [7, 11) is 0. The lowest BCUT2D eigenvalue weighted by molar-refractivity contribution is 0.0212. The summed E-state index contributed by atoms with van der Waals surface area (Å²) in [6.07, 6.45) is 11.3. The summed E-state index contributed by atoms with van der Waals surface area (Å²) in [5.41, 5.74) is -0.366. The molecule has 0 radical (unpaired) electrons. The van der Waals surface area contributed by atoms with Crippen LogP contribution in [0.1, 0.15) is 98.8 Å². The van der Waals surface area contributed by atoms with E-state index in [4.69, 9.17) is 4.74 Å². The minimum atomic E-state index is -0.366. The average Bonchev–Trinajstić information content (AvgIpc) is 2.48. The molecule has 0 atom stereocenters. The van der Waals surface area contributed by atoms with Crippen LogP contribution in [-0.2, 0) is 4.74 Å². The fraction of sp³-hybridized carbons (Fsp3) is 1.00. The van der Waals surface area contributed by atoms with Crippen LogP contribution in [0.25, 0.3) is 0 Å². The van der Waals surface area contributed by atoms with Crippen molar-refractivity contribution in [2.24, 2.45) is 0 Å². The molecular formula is C18H40O2. The molecule has 20 heavy (non-hydrogen) atoms. The van der Waals surface area contributed by atoms with Crippen molar-refractivity contribution in [2.75, 3.05) is 13.2 Å². The van der Waals surface area contributed by atoms with Crippen LogP contribution in [-0.4, -0.2) is 23.9 Å². The molecule has 0 saturated heterocycles. The fourth-order valence-electron chi connectivity index (χ4n) is 1.90. The highest BCUT2D eigenvalue weighted by atomic mass is 16.5. The molecule has 0 heterocycles. The van der Waals surface area contributed by atoms with E-state index in [1.807, 2.05) is 0 Å². The van der Waals surface area contributed by atoms with Gasteiger partial charge in [-0.15, -0.1) is 0 Å². The number of rotatable bonds is 12. The lowest BCUT2D eigenvalue weighted by atomic mass is 9.91. The maximum atomic E-state index is 9.86. The lowest BCUT2D eigenvalue weighted by Crippen LogP contribution is -2.26. The summed E-state index contributed by atoms with van der Waals surface area (Å²) >= 11 is 0. The third-order valence-electron chi connectivity index (χ3n) is 3.85. The van der Waals surface area contributed by atoms with Crippen LogP contribution < -0.4 is 0 Å². The van der Waals surface area contributed by atoms with Gasteiger partial charge >= 0.3 is 0 Å². The summed E-state index contributed by atoms with van der Waals surface area (Å²) in [6.45, 7) is 12.6. The van der Waals surface area contributed by atoms with E-state index in [1.165, 1.54) is 44.9 Å². The zero-order valence-corrected chi connectivity index (χ0v) is 14.8. The summed E-state index contributed by atoms with van der Waals surface area (Å²) < 4.78 is 5.31. The van der Waals surface area contributed by atoms with Gasteiger partial charge in [0.2, 0.25) is 0 Å². The molecule has 2 heteroatoms. The lowest BCUT2D eigenvalue weighted by Gasteiger charge is -2.24. The van der Waals surface area contributed by atoms with Crippen molar-refractivity contribution in [1.29, 1.82) is 0 Å². The topological polar surface area (TPSA) is 29.5 Å². The molecule has 0 aromatic carbocycles. The van der Waals surface area contributed by atoms with Crippen molar-refractivity contribution >= 4 is 0 Å². The normalized spacial score (nSPS) is 11.1. The summed E-state index contributed by atoms with van der Waals surface area (Å²) in [5, 5.41) is 9.86. The predicted molar refractivity (Wildman–Crippen MR) is 90.3 cm³/mol. The summed E-state index contributed by atoms with van der Waals surface area (Å²) in [6, 6.07) is 0. The molecule has 0 aliphatic heterocycles. The zero-order chi connectivity index (χ0) is 15.7. The smallest absolute Gasteiger partial charge is 0.0642 e. The van der Waals surface area contributed by atoms with Crippen molar-refractivity contribution in [3.63, 3.8) is 0 Å². The molecule has 0 fully saturated rings. The van der Waals surface area contributed by atoms with Crippen LogP contribution in [0.2, 0.25) is 0 Å². The standard InChI is InChI=1S/C10H22O.C8H18O/c1-4-7-8-9-10(11,5-2)6-3;1-3-5-7-9-8-6-4-2/h11H,4-9H2,1-3H3;3-8H2,1-2H3. The van der Waals surface area contributed by atoms with Crippen molar-refractivity contribution < 1.29 is 9.84 Å². The minimum absolute atomic E-state index is 0.366. The molecule has 0 amide bonds. The van der Waals surface area contributed by atoms with Crippen LogP contribution in [0, 0.1) is 0 Å². The summed E-state index contributed by atoms with van der Waals surface area (Å²) in [4.78, 5) is 0. The Morgan fingerprint density at radius 2 is 1.15 bits per heavy atom. The van der Waals surface area contributed by atoms with E-state index in [0.717, 1.165) is 32.5 Å². The van der Waals surface area contributed by atoms with Crippen LogP contribution >= 0.6 is 0 Å². The predicted octanol–water partition coefficient (Wildman–Crippen LogP) is 5.72. The Morgan fingerprint density at radius 1 is 0.700 bits per heavy atom. The van der Waals surface area contributed by atoms with Crippen LogP contribution in [0.5, 0.6) is 0 Å². The van der Waals surface area contributed by atoms with E-state index in [0.29, 0.717) is 0 Å². The largest absolute Gasteiger partial charge is 0.390 e. The van der Waals surface area contributed by atoms with Gasteiger partial charge in [0.05, 0.1) is 5.60 Å². The first-order chi connectivity index (χ1) is 9.60. The van der Waals surface area contributed by atoms with Gasteiger partial charge in [-0.2, -0.15) is 0 Å². The molecule has 0 spiro atoms. The third-order valence-corrected chi connectivity index (χ3v) is 3.85. The summed E-state index contributed by atoms with van der Waals surface area (Å²) in [5.74, 6) is 0. The first-order valence-corrected chi connectivity index (χ1v) is 8.90. The highest BCUT2D eigenvalue weighted by Crippen LogP contribution is 2.22. The van der Waals surface area contributed by atoms with E-state index in [2.05, 4.69) is 34.6 Å². The van der Waals surface area contributed by atoms with Gasteiger partial charge in [0.25, 0.3) is 0 Å². The van der Waals surface area contributed by atoms with Gasteiger partial charge in [-0.05, 0) is 32.1 Å². The maximum absolute atomic E-state index is 9.86. The Hall–Kier alpha value is -0.0800.